The van der Waals surface area contributed by atoms with Crippen LogP contribution in [-0.4, -0.2) is 44.7 Å². The third-order valence-corrected chi connectivity index (χ3v) is 1.40. The Balaban J connectivity index is 3.40. The van der Waals surface area contributed by atoms with E-state index in [1.54, 1.807) is 0 Å². The van der Waals surface area contributed by atoms with Gasteiger partial charge >= 0.3 is 0 Å². The van der Waals surface area contributed by atoms with Crippen LogP contribution >= 0.6 is 0 Å². The first-order chi connectivity index (χ1) is 5.85. The lowest BCUT2D eigenvalue weighted by Crippen LogP contribution is -2.45. The second kappa shape index (κ2) is 8.85. The van der Waals surface area contributed by atoms with Crippen molar-refractivity contribution in [1.82, 2.24) is 15.5 Å². The number of nitrogens with zero attached hydrogens (tertiary/aromatic N) is 1. The summed E-state index contributed by atoms with van der Waals surface area (Å²) < 4.78 is 0. The van der Waals surface area contributed by atoms with Crippen molar-refractivity contribution in [2.24, 2.45) is 17.2 Å². The number of nitrogens with one attached hydrogen (secondary N) is 2. The highest BCUT2D eigenvalue weighted by Gasteiger charge is 1.99. The fraction of sp³-hybridized carbons (Fsp3) is 1.00. The minimum atomic E-state index is 0.476. The molecule has 0 atom stereocenters. The van der Waals surface area contributed by atoms with Crippen molar-refractivity contribution in [3.8, 4) is 0 Å². The smallest absolute Gasteiger partial charge is 0.0502 e. The van der Waals surface area contributed by atoms with Gasteiger partial charge in [-0.05, 0) is 0 Å². The highest BCUT2D eigenvalue weighted by molar-refractivity contribution is 4.54. The van der Waals surface area contributed by atoms with E-state index in [2.05, 4.69) is 15.5 Å². The molecule has 6 nitrogen and oxygen atoms in total. The Hall–Kier alpha value is -0.240. The molecule has 0 aliphatic carbocycles. The first-order valence-electron chi connectivity index (χ1n) is 4.09. The standard InChI is InChI=1S/C6H20N6/c7-1-2-12(5-10-3-8)6-11-4-9/h10-11H,1-9H2. The predicted molar refractivity (Wildman–Crippen MR) is 49.9 cm³/mol. The van der Waals surface area contributed by atoms with E-state index in [1.165, 1.54) is 0 Å². The van der Waals surface area contributed by atoms with Gasteiger partial charge < -0.3 is 17.2 Å². The predicted octanol–water partition coefficient (Wildman–Crippen LogP) is -2.83. The van der Waals surface area contributed by atoms with Crippen LogP contribution in [0.15, 0.2) is 0 Å². The number of hydrogen-bond acceptors (Lipinski definition) is 6. The van der Waals surface area contributed by atoms with Crippen LogP contribution in [0.1, 0.15) is 0 Å². The van der Waals surface area contributed by atoms with E-state index < -0.39 is 0 Å². The van der Waals surface area contributed by atoms with Gasteiger partial charge in [-0.15, -0.1) is 0 Å². The van der Waals surface area contributed by atoms with Crippen molar-refractivity contribution >= 4 is 0 Å². The third kappa shape index (κ3) is 6.47. The van der Waals surface area contributed by atoms with Gasteiger partial charge in [0.2, 0.25) is 0 Å². The maximum atomic E-state index is 5.41. The summed E-state index contributed by atoms with van der Waals surface area (Å²) in [4.78, 5) is 2.10. The van der Waals surface area contributed by atoms with Gasteiger partial charge in [0.15, 0.2) is 0 Å². The molecule has 74 valence electrons. The van der Waals surface area contributed by atoms with Gasteiger partial charge in [-0.1, -0.05) is 0 Å². The minimum absolute atomic E-state index is 0.476. The lowest BCUT2D eigenvalue weighted by atomic mass is 10.5. The van der Waals surface area contributed by atoms with Gasteiger partial charge in [0.25, 0.3) is 0 Å². The number of hydrogen-bond donors (Lipinski definition) is 5. The molecule has 0 aromatic carbocycles. The highest BCUT2D eigenvalue weighted by Crippen LogP contribution is 1.79. The molecule has 0 spiro atoms. The highest BCUT2D eigenvalue weighted by atomic mass is 15.3. The molecule has 12 heavy (non-hydrogen) atoms. The molecule has 0 radical (unpaired) electrons. The summed E-state index contributed by atoms with van der Waals surface area (Å²) in [7, 11) is 0. The minimum Gasteiger partial charge on any atom is -0.329 e. The van der Waals surface area contributed by atoms with Crippen LogP contribution in [0.5, 0.6) is 0 Å². The summed E-state index contributed by atoms with van der Waals surface area (Å²) in [6.07, 6.45) is 0. The topological polar surface area (TPSA) is 105 Å². The van der Waals surface area contributed by atoms with Crippen molar-refractivity contribution in [1.29, 1.82) is 0 Å². The molecule has 6 heteroatoms. The Morgan fingerprint density at radius 2 is 1.42 bits per heavy atom. The largest absolute Gasteiger partial charge is 0.329 e. The summed E-state index contributed by atoms with van der Waals surface area (Å²) in [5.74, 6) is 0. The molecule has 0 amide bonds. The van der Waals surface area contributed by atoms with Crippen LogP contribution in [-0.2, 0) is 0 Å². The molecule has 0 aromatic rings. The van der Waals surface area contributed by atoms with Crippen LogP contribution < -0.4 is 27.8 Å². The summed E-state index contributed by atoms with van der Waals surface area (Å²) in [6.45, 7) is 3.90. The van der Waals surface area contributed by atoms with Gasteiger partial charge in [-0.2, -0.15) is 0 Å². The van der Waals surface area contributed by atoms with Crippen molar-refractivity contribution < 1.29 is 0 Å². The van der Waals surface area contributed by atoms with E-state index >= 15 is 0 Å². The Kier molecular flexibility index (Phi) is 8.68. The van der Waals surface area contributed by atoms with Crippen molar-refractivity contribution in [3.63, 3.8) is 0 Å². The zero-order chi connectivity index (χ0) is 9.23. The van der Waals surface area contributed by atoms with Crippen molar-refractivity contribution in [2.45, 2.75) is 0 Å². The van der Waals surface area contributed by atoms with Crippen LogP contribution in [0, 0.1) is 0 Å². The molecule has 0 rings (SSSR count). The molecule has 0 aliphatic heterocycles. The average Bonchev–Trinajstić information content (AvgIpc) is 2.10. The molecule has 0 unspecified atom stereocenters. The molecule has 0 heterocycles. The normalized spacial score (nSPS) is 11.0. The first kappa shape index (κ1) is 11.8. The molecule has 0 fully saturated rings. The summed E-state index contributed by atoms with van der Waals surface area (Å²) in [6, 6.07) is 0. The van der Waals surface area contributed by atoms with Crippen molar-refractivity contribution in [2.75, 3.05) is 39.8 Å². The van der Waals surface area contributed by atoms with Gasteiger partial charge in [-0.25, -0.2) is 0 Å². The molecular weight excluding hydrogens is 156 g/mol. The van der Waals surface area contributed by atoms with E-state index in [9.17, 15) is 0 Å². The lowest BCUT2D eigenvalue weighted by molar-refractivity contribution is 0.242. The van der Waals surface area contributed by atoms with Gasteiger partial charge in [0.1, 0.15) is 0 Å². The van der Waals surface area contributed by atoms with E-state index in [-0.39, 0.29) is 0 Å². The molecule has 0 bridgehead atoms. The second-order valence-corrected chi connectivity index (χ2v) is 2.41. The number of nitrogens with two attached hydrogens (primary N) is 3. The van der Waals surface area contributed by atoms with Gasteiger partial charge in [0, 0.05) is 26.4 Å². The SMILES string of the molecule is NCCN(CNCN)CNCN. The average molecular weight is 176 g/mol. The monoisotopic (exact) mass is 176 g/mol. The molecule has 0 aromatic heterocycles. The van der Waals surface area contributed by atoms with Gasteiger partial charge in [-0.3, -0.25) is 15.5 Å². The number of rotatable bonds is 8. The molecular formula is C6H20N6. The molecule has 0 saturated heterocycles. The lowest BCUT2D eigenvalue weighted by Gasteiger charge is -2.21. The second-order valence-electron chi connectivity index (χ2n) is 2.41. The summed E-state index contributed by atoms with van der Waals surface area (Å²) >= 11 is 0. The fourth-order valence-electron chi connectivity index (χ4n) is 0.842. The van der Waals surface area contributed by atoms with E-state index in [1.807, 2.05) is 0 Å². The van der Waals surface area contributed by atoms with E-state index in [0.29, 0.717) is 19.9 Å². The molecule has 0 saturated carbocycles. The maximum absolute atomic E-state index is 5.41. The summed E-state index contributed by atoms with van der Waals surface area (Å²) in [5.41, 5.74) is 16.0. The third-order valence-electron chi connectivity index (χ3n) is 1.40. The maximum Gasteiger partial charge on any atom is 0.0502 e. The first-order valence-corrected chi connectivity index (χ1v) is 4.09. The van der Waals surface area contributed by atoms with Crippen LogP contribution in [0.25, 0.3) is 0 Å². The van der Waals surface area contributed by atoms with E-state index in [4.69, 9.17) is 17.2 Å². The Morgan fingerprint density at radius 3 is 1.75 bits per heavy atom. The Labute approximate surface area is 73.4 Å². The molecule has 0 aliphatic rings. The van der Waals surface area contributed by atoms with Gasteiger partial charge in [0.05, 0.1) is 13.3 Å². The quantitative estimate of drug-likeness (QED) is 0.255. The Morgan fingerprint density at radius 1 is 0.917 bits per heavy atom. The van der Waals surface area contributed by atoms with Crippen molar-refractivity contribution in [3.05, 3.63) is 0 Å². The zero-order valence-electron chi connectivity index (χ0n) is 7.42. The zero-order valence-corrected chi connectivity index (χ0v) is 7.42. The summed E-state index contributed by atoms with van der Waals surface area (Å²) in [5, 5.41) is 6.02. The fourth-order valence-corrected chi connectivity index (χ4v) is 0.842. The Bertz CT molecular complexity index is 80.1. The van der Waals surface area contributed by atoms with Crippen LogP contribution in [0.3, 0.4) is 0 Å². The van der Waals surface area contributed by atoms with E-state index in [0.717, 1.165) is 19.9 Å². The van der Waals surface area contributed by atoms with Crippen LogP contribution in [0.4, 0.5) is 0 Å². The molecule has 8 N–H and O–H groups in total. The van der Waals surface area contributed by atoms with Crippen LogP contribution in [0.2, 0.25) is 0 Å².